The zero-order valence-electron chi connectivity index (χ0n) is 26.1. The lowest BCUT2D eigenvalue weighted by atomic mass is 9.99. The highest BCUT2D eigenvalue weighted by Gasteiger charge is 2.33. The van der Waals surface area contributed by atoms with Crippen LogP contribution in [0.4, 0.5) is 17.6 Å². The molecule has 0 bridgehead atoms. The molecule has 1 aliphatic carbocycles. The lowest BCUT2D eigenvalue weighted by molar-refractivity contribution is -0.138. The van der Waals surface area contributed by atoms with Crippen LogP contribution < -0.4 is 5.56 Å². The molecule has 4 aromatic rings. The molecule has 1 saturated heterocycles. The minimum absolute atomic E-state index is 0.00246. The van der Waals surface area contributed by atoms with Gasteiger partial charge >= 0.3 is 6.18 Å². The van der Waals surface area contributed by atoms with E-state index in [1.807, 2.05) is 40.8 Å². The molecule has 47 heavy (non-hydrogen) atoms. The van der Waals surface area contributed by atoms with E-state index in [0.29, 0.717) is 60.8 Å². The molecular formula is C36H36F4N4O2S. The Labute approximate surface area is 275 Å². The molecule has 1 aliphatic heterocycles. The Morgan fingerprint density at radius 2 is 1.49 bits per heavy atom. The van der Waals surface area contributed by atoms with E-state index in [1.165, 1.54) is 36.0 Å². The minimum atomic E-state index is -4.39. The zero-order chi connectivity index (χ0) is 33.1. The molecule has 6 nitrogen and oxygen atoms in total. The van der Waals surface area contributed by atoms with Gasteiger partial charge < -0.3 is 14.4 Å². The van der Waals surface area contributed by atoms with Gasteiger partial charge in [-0.3, -0.25) is 9.59 Å². The number of piperazine rings is 1. The summed E-state index contributed by atoms with van der Waals surface area (Å²) in [7, 11) is 2.04. The number of rotatable bonds is 9. The fourth-order valence-electron chi connectivity index (χ4n) is 6.32. The van der Waals surface area contributed by atoms with E-state index in [4.69, 9.17) is 0 Å². The summed E-state index contributed by atoms with van der Waals surface area (Å²) >= 11 is 1.38. The molecule has 11 heteroatoms. The number of alkyl halides is 3. The van der Waals surface area contributed by atoms with Crippen LogP contribution in [0.5, 0.6) is 0 Å². The summed E-state index contributed by atoms with van der Waals surface area (Å²) < 4.78 is 54.6. The third-order valence-corrected chi connectivity index (χ3v) is 10.1. The predicted octanol–water partition coefficient (Wildman–Crippen LogP) is 6.80. The zero-order valence-corrected chi connectivity index (χ0v) is 26.9. The van der Waals surface area contributed by atoms with E-state index in [-0.39, 0.29) is 17.3 Å². The normalized spacial score (nSPS) is 15.9. The molecule has 1 aromatic heterocycles. The van der Waals surface area contributed by atoms with Gasteiger partial charge in [-0.05, 0) is 85.7 Å². The number of nitrogens with zero attached hydrogens (tertiary/aromatic N) is 4. The second kappa shape index (κ2) is 14.0. The molecule has 0 N–H and O–H groups in total. The number of aromatic nitrogens is 2. The summed E-state index contributed by atoms with van der Waals surface area (Å²) in [5.41, 5.74) is 3.97. The van der Waals surface area contributed by atoms with Gasteiger partial charge in [0.15, 0.2) is 5.16 Å². The van der Waals surface area contributed by atoms with Gasteiger partial charge in [0, 0.05) is 43.2 Å². The maximum atomic E-state index is 14.4. The number of hydrogen-bond acceptors (Lipinski definition) is 5. The highest BCUT2D eigenvalue weighted by atomic mass is 32.2. The van der Waals surface area contributed by atoms with E-state index in [9.17, 15) is 27.2 Å². The van der Waals surface area contributed by atoms with Crippen LogP contribution in [0.2, 0.25) is 0 Å². The molecule has 3 aromatic carbocycles. The number of hydrogen-bond donors (Lipinski definition) is 0. The van der Waals surface area contributed by atoms with Crippen molar-refractivity contribution in [3.05, 3.63) is 117 Å². The molecule has 1 unspecified atom stereocenters. The highest BCUT2D eigenvalue weighted by molar-refractivity contribution is 7.98. The van der Waals surface area contributed by atoms with Gasteiger partial charge in [-0.25, -0.2) is 4.39 Å². The first-order valence-corrected chi connectivity index (χ1v) is 16.8. The fraction of sp³-hybridized carbons (Fsp3) is 0.361. The number of fused-ring (bicyclic) bond motifs is 1. The van der Waals surface area contributed by atoms with E-state index < -0.39 is 17.8 Å². The lowest BCUT2D eigenvalue weighted by Crippen LogP contribution is -2.49. The largest absolute Gasteiger partial charge is 0.416 e. The molecule has 1 atom stereocenters. The monoisotopic (exact) mass is 664 g/mol. The van der Waals surface area contributed by atoms with E-state index in [1.54, 1.807) is 12.1 Å². The number of benzene rings is 3. The standard InChI is InChI=1S/C36H36F4N4O2S/c1-42-19-21-43(22-20-42)34(46)32(18-9-24-5-10-26(11-6-24)27-12-14-28(15-13-27)36(38,39)40)44-31-4-2-3-30(31)33(45)41-35(44)47-23-25-7-16-29(37)17-8-25/h5-8,10-17,32H,2-4,9,18-23H2,1H3. The van der Waals surface area contributed by atoms with Crippen molar-refractivity contribution in [1.82, 2.24) is 19.4 Å². The van der Waals surface area contributed by atoms with Gasteiger partial charge in [0.05, 0.1) is 5.56 Å². The summed E-state index contributed by atoms with van der Waals surface area (Å²) in [6.07, 6.45) is -1.20. The Kier molecular flexibility index (Phi) is 9.84. The van der Waals surface area contributed by atoms with Crippen molar-refractivity contribution in [2.24, 2.45) is 0 Å². The van der Waals surface area contributed by atoms with Gasteiger partial charge in [0.1, 0.15) is 11.9 Å². The summed E-state index contributed by atoms with van der Waals surface area (Å²) in [6.45, 7) is 2.77. The van der Waals surface area contributed by atoms with Gasteiger partial charge in [0.25, 0.3) is 5.56 Å². The van der Waals surface area contributed by atoms with E-state index in [0.717, 1.165) is 54.0 Å². The van der Waals surface area contributed by atoms with Crippen molar-refractivity contribution in [2.75, 3.05) is 33.2 Å². The molecule has 1 amide bonds. The Morgan fingerprint density at radius 1 is 0.872 bits per heavy atom. The van der Waals surface area contributed by atoms with E-state index >= 15 is 0 Å². The van der Waals surface area contributed by atoms with Crippen LogP contribution in [0.1, 0.15) is 46.8 Å². The number of halogens is 4. The predicted molar refractivity (Wildman–Crippen MR) is 175 cm³/mol. The number of thioether (sulfide) groups is 1. The number of carbonyl (C=O) groups excluding carboxylic acids is 1. The van der Waals surface area contributed by atoms with Crippen molar-refractivity contribution >= 4 is 17.7 Å². The summed E-state index contributed by atoms with van der Waals surface area (Å²) in [6, 6.07) is 18.4. The molecule has 0 spiro atoms. The Morgan fingerprint density at radius 3 is 2.13 bits per heavy atom. The molecular weight excluding hydrogens is 628 g/mol. The molecule has 2 heterocycles. The van der Waals surface area contributed by atoms with E-state index in [2.05, 4.69) is 9.88 Å². The van der Waals surface area contributed by atoms with Gasteiger partial charge in [-0.1, -0.05) is 60.3 Å². The van der Waals surface area contributed by atoms with Crippen LogP contribution in [0.15, 0.2) is 82.7 Å². The van der Waals surface area contributed by atoms with Crippen molar-refractivity contribution in [3.8, 4) is 11.1 Å². The van der Waals surface area contributed by atoms with Crippen LogP contribution in [0, 0.1) is 5.82 Å². The van der Waals surface area contributed by atoms with Crippen LogP contribution in [-0.2, 0) is 36.0 Å². The summed E-state index contributed by atoms with van der Waals surface area (Å²) in [4.78, 5) is 36.1. The third kappa shape index (κ3) is 7.62. The first kappa shape index (κ1) is 33.0. The second-order valence-corrected chi connectivity index (χ2v) is 13.2. The Hall–Kier alpha value is -3.96. The first-order valence-electron chi connectivity index (χ1n) is 15.8. The first-order chi connectivity index (χ1) is 22.6. The quantitative estimate of drug-likeness (QED) is 0.112. The summed E-state index contributed by atoms with van der Waals surface area (Å²) in [5.74, 6) is 0.144. The van der Waals surface area contributed by atoms with Crippen LogP contribution in [-0.4, -0.2) is 58.5 Å². The molecule has 246 valence electrons. The Bertz CT molecular complexity index is 1770. The highest BCUT2D eigenvalue weighted by Crippen LogP contribution is 2.34. The number of carbonyl (C=O) groups is 1. The molecule has 6 rings (SSSR count). The fourth-order valence-corrected chi connectivity index (χ4v) is 7.33. The van der Waals surface area contributed by atoms with Gasteiger partial charge in [-0.2, -0.15) is 18.2 Å². The second-order valence-electron chi connectivity index (χ2n) is 12.2. The van der Waals surface area contributed by atoms with Crippen LogP contribution >= 0.6 is 11.8 Å². The molecule has 2 aliphatic rings. The number of aryl methyl sites for hydroxylation is 1. The van der Waals surface area contributed by atoms with Crippen molar-refractivity contribution in [3.63, 3.8) is 0 Å². The topological polar surface area (TPSA) is 58.4 Å². The van der Waals surface area contributed by atoms with Crippen molar-refractivity contribution in [1.29, 1.82) is 0 Å². The van der Waals surface area contributed by atoms with Crippen molar-refractivity contribution < 1.29 is 22.4 Å². The average molecular weight is 665 g/mol. The SMILES string of the molecule is CN1CCN(C(=O)C(CCc2ccc(-c3ccc(C(F)(F)F)cc3)cc2)n2c(SCc3ccc(F)cc3)nc(=O)c3c2CCC3)CC1. The van der Waals surface area contributed by atoms with Gasteiger partial charge in [0.2, 0.25) is 5.91 Å². The van der Waals surface area contributed by atoms with Gasteiger partial charge in [-0.15, -0.1) is 0 Å². The maximum Gasteiger partial charge on any atom is 0.416 e. The molecule has 1 fully saturated rings. The Balaban J connectivity index is 1.29. The number of amides is 1. The smallest absolute Gasteiger partial charge is 0.338 e. The third-order valence-electron chi connectivity index (χ3n) is 9.04. The average Bonchev–Trinajstić information content (AvgIpc) is 3.56. The number of likely N-dealkylation sites (N-methyl/N-ethyl adjacent to an activating group) is 1. The maximum absolute atomic E-state index is 14.4. The van der Waals surface area contributed by atoms with Crippen LogP contribution in [0.3, 0.4) is 0 Å². The van der Waals surface area contributed by atoms with Crippen molar-refractivity contribution in [2.45, 2.75) is 55.2 Å². The molecule has 0 radical (unpaired) electrons. The van der Waals surface area contributed by atoms with Crippen LogP contribution in [0.25, 0.3) is 11.1 Å². The lowest BCUT2D eigenvalue weighted by Gasteiger charge is -2.36. The summed E-state index contributed by atoms with van der Waals surface area (Å²) in [5, 5.41) is 0.491. The minimum Gasteiger partial charge on any atom is -0.338 e. The molecule has 0 saturated carbocycles.